The van der Waals surface area contributed by atoms with Gasteiger partial charge in [-0.05, 0) is 43.8 Å². The molecule has 1 aliphatic heterocycles. The van der Waals surface area contributed by atoms with Gasteiger partial charge in [-0.3, -0.25) is 4.79 Å². The van der Waals surface area contributed by atoms with E-state index in [1.807, 2.05) is 12.1 Å². The molecule has 0 atom stereocenters. The number of amides is 1. The van der Waals surface area contributed by atoms with Crippen molar-refractivity contribution in [2.24, 2.45) is 0 Å². The topological polar surface area (TPSA) is 70.4 Å². The third-order valence-electron chi connectivity index (χ3n) is 3.76. The van der Waals surface area contributed by atoms with Gasteiger partial charge in [-0.25, -0.2) is 0 Å². The van der Waals surface area contributed by atoms with Crippen molar-refractivity contribution in [3.63, 3.8) is 0 Å². The number of carbonyl (C=O) groups excluding carboxylic acids is 1. The van der Waals surface area contributed by atoms with Crippen molar-refractivity contribution in [1.29, 1.82) is 0 Å². The maximum atomic E-state index is 11.3. The fraction of sp³-hybridized carbons (Fsp3) is 0.533. The summed E-state index contributed by atoms with van der Waals surface area (Å²) in [5.74, 6) is 0.0399. The number of anilines is 3. The molecule has 4 N–H and O–H groups in total. The van der Waals surface area contributed by atoms with E-state index in [1.165, 1.54) is 0 Å². The molecule has 1 heterocycles. The number of nitrogens with two attached hydrogens (primary N) is 1. The van der Waals surface area contributed by atoms with Gasteiger partial charge in [0.2, 0.25) is 5.91 Å². The van der Waals surface area contributed by atoms with E-state index in [-0.39, 0.29) is 5.91 Å². The molecule has 1 aromatic carbocycles. The van der Waals surface area contributed by atoms with Crippen LogP contribution in [0, 0.1) is 0 Å². The molecule has 0 spiro atoms. The predicted molar refractivity (Wildman–Crippen MR) is 84.1 cm³/mol. The molecule has 5 nitrogen and oxygen atoms in total. The zero-order valence-corrected chi connectivity index (χ0v) is 12.3. The van der Waals surface area contributed by atoms with Crippen LogP contribution in [0.15, 0.2) is 12.1 Å². The van der Waals surface area contributed by atoms with Crippen molar-refractivity contribution in [2.45, 2.75) is 26.7 Å². The summed E-state index contributed by atoms with van der Waals surface area (Å²) in [4.78, 5) is 13.7. The van der Waals surface area contributed by atoms with Crippen LogP contribution >= 0.6 is 0 Å². The van der Waals surface area contributed by atoms with Crippen LogP contribution in [0.4, 0.5) is 17.1 Å². The van der Waals surface area contributed by atoms with Crippen LogP contribution in [0.1, 0.15) is 25.8 Å². The summed E-state index contributed by atoms with van der Waals surface area (Å²) in [6, 6.07) is 3.83. The Labute approximate surface area is 120 Å². The second-order valence-electron chi connectivity index (χ2n) is 5.13. The Bertz CT molecular complexity index is 483. The number of fused-ring (bicyclic) bond motifs is 1. The highest BCUT2D eigenvalue weighted by Crippen LogP contribution is 2.31. The smallest absolute Gasteiger partial charge is 0.228 e. The molecule has 1 aliphatic rings. The molecular formula is C15H24N4O. The number of nitrogens with zero attached hydrogens (tertiary/aromatic N) is 1. The van der Waals surface area contributed by atoms with E-state index in [9.17, 15) is 4.79 Å². The van der Waals surface area contributed by atoms with E-state index >= 15 is 0 Å². The lowest BCUT2D eigenvalue weighted by atomic mass is 10.1. The SMILES string of the molecule is CCN(CC)CCCNc1cc2c(cc1N)CC(=O)N2. The summed E-state index contributed by atoms with van der Waals surface area (Å²) >= 11 is 0. The van der Waals surface area contributed by atoms with Crippen LogP contribution in [-0.2, 0) is 11.2 Å². The van der Waals surface area contributed by atoms with E-state index in [0.29, 0.717) is 12.1 Å². The first-order valence-electron chi connectivity index (χ1n) is 7.32. The van der Waals surface area contributed by atoms with Crippen LogP contribution in [0.5, 0.6) is 0 Å². The first-order valence-corrected chi connectivity index (χ1v) is 7.32. The van der Waals surface area contributed by atoms with Gasteiger partial charge in [0.15, 0.2) is 0 Å². The van der Waals surface area contributed by atoms with Gasteiger partial charge in [-0.15, -0.1) is 0 Å². The minimum Gasteiger partial charge on any atom is -0.397 e. The number of rotatable bonds is 7. The monoisotopic (exact) mass is 276 g/mol. The Hall–Kier alpha value is -1.75. The minimum absolute atomic E-state index is 0.0399. The number of nitrogen functional groups attached to an aromatic ring is 1. The quantitative estimate of drug-likeness (QED) is 0.525. The van der Waals surface area contributed by atoms with Gasteiger partial charge >= 0.3 is 0 Å². The second kappa shape index (κ2) is 6.61. The van der Waals surface area contributed by atoms with Gasteiger partial charge in [0, 0.05) is 12.2 Å². The molecule has 110 valence electrons. The number of nitrogens with one attached hydrogen (secondary N) is 2. The van der Waals surface area contributed by atoms with Crippen molar-refractivity contribution in [2.75, 3.05) is 42.5 Å². The number of hydrogen-bond donors (Lipinski definition) is 3. The maximum absolute atomic E-state index is 11.3. The zero-order valence-electron chi connectivity index (χ0n) is 12.3. The van der Waals surface area contributed by atoms with E-state index in [1.54, 1.807) is 0 Å². The lowest BCUT2D eigenvalue weighted by Crippen LogP contribution is -2.25. The molecule has 0 saturated carbocycles. The van der Waals surface area contributed by atoms with Crippen molar-refractivity contribution in [3.05, 3.63) is 17.7 Å². The largest absolute Gasteiger partial charge is 0.397 e. The van der Waals surface area contributed by atoms with Crippen molar-refractivity contribution < 1.29 is 4.79 Å². The summed E-state index contributed by atoms with van der Waals surface area (Å²) in [5.41, 5.74) is 9.51. The van der Waals surface area contributed by atoms with Crippen molar-refractivity contribution >= 4 is 23.0 Å². The third kappa shape index (κ3) is 3.42. The van der Waals surface area contributed by atoms with Gasteiger partial charge in [0.1, 0.15) is 0 Å². The summed E-state index contributed by atoms with van der Waals surface area (Å²) in [6.07, 6.45) is 1.51. The van der Waals surface area contributed by atoms with Crippen LogP contribution < -0.4 is 16.4 Å². The van der Waals surface area contributed by atoms with Crippen molar-refractivity contribution in [3.8, 4) is 0 Å². The number of hydrogen-bond acceptors (Lipinski definition) is 4. The Morgan fingerprint density at radius 2 is 2.10 bits per heavy atom. The first-order chi connectivity index (χ1) is 9.63. The van der Waals surface area contributed by atoms with Gasteiger partial charge in [-0.2, -0.15) is 0 Å². The number of carbonyl (C=O) groups is 1. The minimum atomic E-state index is 0.0399. The molecule has 0 radical (unpaired) electrons. The molecule has 0 aliphatic carbocycles. The molecule has 20 heavy (non-hydrogen) atoms. The van der Waals surface area contributed by atoms with Crippen molar-refractivity contribution in [1.82, 2.24) is 4.90 Å². The molecule has 1 amide bonds. The molecule has 0 bridgehead atoms. The normalized spacial score (nSPS) is 13.4. The average Bonchev–Trinajstić information content (AvgIpc) is 2.78. The molecule has 0 fully saturated rings. The summed E-state index contributed by atoms with van der Waals surface area (Å²) in [5, 5.41) is 6.21. The summed E-state index contributed by atoms with van der Waals surface area (Å²) in [7, 11) is 0. The van der Waals surface area contributed by atoms with Gasteiger partial charge in [0.05, 0.1) is 17.8 Å². The van der Waals surface area contributed by atoms with E-state index in [0.717, 1.165) is 49.5 Å². The molecule has 0 saturated heterocycles. The van der Waals surface area contributed by atoms with Crippen LogP contribution in [0.25, 0.3) is 0 Å². The van der Waals surface area contributed by atoms with Gasteiger partial charge in [-0.1, -0.05) is 13.8 Å². The predicted octanol–water partition coefficient (Wildman–Crippen LogP) is 1.91. The highest BCUT2D eigenvalue weighted by atomic mass is 16.1. The number of benzene rings is 1. The molecule has 0 unspecified atom stereocenters. The molecule has 1 aromatic rings. The van der Waals surface area contributed by atoms with E-state index in [4.69, 9.17) is 5.73 Å². The Morgan fingerprint density at radius 1 is 1.35 bits per heavy atom. The van der Waals surface area contributed by atoms with Crippen LogP contribution in [0.2, 0.25) is 0 Å². The Balaban J connectivity index is 1.88. The highest BCUT2D eigenvalue weighted by Gasteiger charge is 2.19. The standard InChI is InChI=1S/C15H24N4O/c1-3-19(4-2)7-5-6-17-14-10-13-11(8-12(14)16)9-15(20)18-13/h8,10,17H,3-7,9,16H2,1-2H3,(H,18,20). The van der Waals surface area contributed by atoms with E-state index < -0.39 is 0 Å². The lowest BCUT2D eigenvalue weighted by Gasteiger charge is -2.18. The van der Waals surface area contributed by atoms with E-state index in [2.05, 4.69) is 29.4 Å². The molecule has 0 aromatic heterocycles. The first kappa shape index (κ1) is 14.7. The highest BCUT2D eigenvalue weighted by molar-refractivity contribution is 6.00. The van der Waals surface area contributed by atoms with Gasteiger partial charge in [0.25, 0.3) is 0 Å². The third-order valence-corrected chi connectivity index (χ3v) is 3.76. The average molecular weight is 276 g/mol. The Kier molecular flexibility index (Phi) is 4.84. The maximum Gasteiger partial charge on any atom is 0.228 e. The zero-order chi connectivity index (χ0) is 14.5. The Morgan fingerprint density at radius 3 is 2.80 bits per heavy atom. The summed E-state index contributed by atoms with van der Waals surface area (Å²) < 4.78 is 0. The lowest BCUT2D eigenvalue weighted by molar-refractivity contribution is -0.115. The van der Waals surface area contributed by atoms with Crippen LogP contribution in [-0.4, -0.2) is 37.0 Å². The van der Waals surface area contributed by atoms with Gasteiger partial charge < -0.3 is 21.3 Å². The molecular weight excluding hydrogens is 252 g/mol. The fourth-order valence-electron chi connectivity index (χ4n) is 2.51. The summed E-state index contributed by atoms with van der Waals surface area (Å²) in [6.45, 7) is 8.50. The molecule has 5 heteroatoms. The fourth-order valence-corrected chi connectivity index (χ4v) is 2.51. The second-order valence-corrected chi connectivity index (χ2v) is 5.13. The molecule has 2 rings (SSSR count). The van der Waals surface area contributed by atoms with Crippen LogP contribution in [0.3, 0.4) is 0 Å².